The maximum Gasteiger partial charge on any atom is 0.192 e. The van der Waals surface area contributed by atoms with E-state index in [1.807, 2.05) is 13.0 Å². The highest BCUT2D eigenvalue weighted by atomic mass is 28.4. The van der Waals surface area contributed by atoms with Gasteiger partial charge in [-0.1, -0.05) is 53.5 Å². The largest absolute Gasteiger partial charge is 0.496 e. The maximum absolute atomic E-state index is 11.8. The molecule has 1 aromatic rings. The molecular weight excluding hydrogens is 404 g/mol. The van der Waals surface area contributed by atoms with Crippen LogP contribution >= 0.6 is 0 Å². The zero-order chi connectivity index (χ0) is 23.4. The number of hydrogen-bond donors (Lipinski definition) is 0. The first kappa shape index (κ1) is 27.4. The summed E-state index contributed by atoms with van der Waals surface area (Å²) in [5.74, 6) is 1.65. The Bertz CT molecular complexity index is 651. The Labute approximate surface area is 191 Å². The second-order valence-electron chi connectivity index (χ2n) is 8.48. The van der Waals surface area contributed by atoms with Gasteiger partial charge in [0, 0.05) is 11.5 Å². The normalized spacial score (nSPS) is 14.5. The standard InChI is InChI=1S/C26H44O4Si/c1-9-14-16-21(15-10-2)25-23(28-7)17-22(18-24(25)29-8)26(20(6)19-27)30-31(11-3,12-4)13-5/h10,17-21,26H,2,9,11-16H2,1,3-8H3/t20-,21+,26+/m0/s1. The van der Waals surface area contributed by atoms with Gasteiger partial charge in [0.1, 0.15) is 17.8 Å². The molecule has 31 heavy (non-hydrogen) atoms. The Balaban J connectivity index is 3.58. The Morgan fingerprint density at radius 1 is 1.03 bits per heavy atom. The number of methoxy groups -OCH3 is 2. The van der Waals surface area contributed by atoms with E-state index in [0.29, 0.717) is 0 Å². The van der Waals surface area contributed by atoms with E-state index in [0.717, 1.165) is 72.7 Å². The monoisotopic (exact) mass is 448 g/mol. The average molecular weight is 449 g/mol. The molecule has 0 aliphatic rings. The van der Waals surface area contributed by atoms with E-state index < -0.39 is 8.32 Å². The van der Waals surface area contributed by atoms with Crippen molar-refractivity contribution in [1.82, 2.24) is 0 Å². The first-order valence-corrected chi connectivity index (χ1v) is 14.4. The van der Waals surface area contributed by atoms with E-state index in [2.05, 4.69) is 46.4 Å². The van der Waals surface area contributed by atoms with Crippen molar-refractivity contribution in [3.63, 3.8) is 0 Å². The molecule has 0 saturated heterocycles. The quantitative estimate of drug-likeness (QED) is 0.150. The van der Waals surface area contributed by atoms with Crippen molar-refractivity contribution in [3.8, 4) is 11.5 Å². The molecule has 0 fully saturated rings. The summed E-state index contributed by atoms with van der Waals surface area (Å²) in [6.07, 6.45) is 6.87. The minimum Gasteiger partial charge on any atom is -0.496 e. The molecule has 0 heterocycles. The van der Waals surface area contributed by atoms with E-state index in [1.54, 1.807) is 14.2 Å². The van der Waals surface area contributed by atoms with Crippen molar-refractivity contribution >= 4 is 14.6 Å². The van der Waals surface area contributed by atoms with Crippen LogP contribution in [-0.2, 0) is 9.22 Å². The molecule has 0 spiro atoms. The molecule has 1 rings (SSSR count). The van der Waals surface area contributed by atoms with Crippen molar-refractivity contribution < 1.29 is 18.7 Å². The van der Waals surface area contributed by atoms with Gasteiger partial charge in [0.05, 0.1) is 20.3 Å². The predicted octanol–water partition coefficient (Wildman–Crippen LogP) is 7.45. The zero-order valence-corrected chi connectivity index (χ0v) is 21.8. The van der Waals surface area contributed by atoms with Gasteiger partial charge in [0.25, 0.3) is 0 Å². The molecule has 0 aliphatic carbocycles. The first-order chi connectivity index (χ1) is 14.9. The van der Waals surface area contributed by atoms with E-state index >= 15 is 0 Å². The second-order valence-corrected chi connectivity index (χ2v) is 13.2. The number of hydrogen-bond acceptors (Lipinski definition) is 4. The number of ether oxygens (including phenoxy) is 2. The highest BCUT2D eigenvalue weighted by Gasteiger charge is 2.35. The summed E-state index contributed by atoms with van der Waals surface area (Å²) in [5, 5.41) is 0. The van der Waals surface area contributed by atoms with Gasteiger partial charge < -0.3 is 18.7 Å². The van der Waals surface area contributed by atoms with Crippen LogP contribution in [0.2, 0.25) is 18.1 Å². The lowest BCUT2D eigenvalue weighted by atomic mass is 9.87. The topological polar surface area (TPSA) is 44.8 Å². The van der Waals surface area contributed by atoms with Crippen LogP contribution in [-0.4, -0.2) is 28.8 Å². The number of rotatable bonds is 16. The van der Waals surface area contributed by atoms with Crippen LogP contribution < -0.4 is 9.47 Å². The number of carbonyl (C=O) groups is 1. The lowest BCUT2D eigenvalue weighted by Gasteiger charge is -2.35. The molecule has 0 aliphatic heterocycles. The lowest BCUT2D eigenvalue weighted by molar-refractivity contribution is -0.113. The van der Waals surface area contributed by atoms with Crippen molar-refractivity contribution in [2.24, 2.45) is 5.92 Å². The van der Waals surface area contributed by atoms with Crippen LogP contribution in [0.1, 0.15) is 83.5 Å². The van der Waals surface area contributed by atoms with Gasteiger partial charge in [-0.2, -0.15) is 0 Å². The molecule has 0 saturated carbocycles. The lowest BCUT2D eigenvalue weighted by Crippen LogP contribution is -2.39. The number of unbranched alkanes of at least 4 members (excludes halogenated alkanes) is 1. The Kier molecular flexibility index (Phi) is 12.2. The van der Waals surface area contributed by atoms with Crippen LogP contribution in [0.5, 0.6) is 11.5 Å². The number of allylic oxidation sites excluding steroid dienone is 1. The van der Waals surface area contributed by atoms with Gasteiger partial charge in [-0.25, -0.2) is 0 Å². The molecule has 3 atom stereocenters. The molecule has 0 bridgehead atoms. The molecule has 4 nitrogen and oxygen atoms in total. The van der Waals surface area contributed by atoms with Crippen molar-refractivity contribution in [1.29, 1.82) is 0 Å². The van der Waals surface area contributed by atoms with Crippen LogP contribution in [0, 0.1) is 5.92 Å². The fraction of sp³-hybridized carbons (Fsp3) is 0.654. The Morgan fingerprint density at radius 3 is 1.97 bits per heavy atom. The Morgan fingerprint density at radius 2 is 1.58 bits per heavy atom. The van der Waals surface area contributed by atoms with Crippen molar-refractivity contribution in [3.05, 3.63) is 35.9 Å². The van der Waals surface area contributed by atoms with Gasteiger partial charge >= 0.3 is 0 Å². The van der Waals surface area contributed by atoms with E-state index in [9.17, 15) is 4.79 Å². The molecule has 0 aromatic heterocycles. The van der Waals surface area contributed by atoms with E-state index in [4.69, 9.17) is 13.9 Å². The highest BCUT2D eigenvalue weighted by Crippen LogP contribution is 2.44. The molecule has 0 unspecified atom stereocenters. The smallest absolute Gasteiger partial charge is 0.192 e. The van der Waals surface area contributed by atoms with Gasteiger partial charge in [-0.3, -0.25) is 0 Å². The number of aldehydes is 1. The summed E-state index contributed by atoms with van der Waals surface area (Å²) >= 11 is 0. The summed E-state index contributed by atoms with van der Waals surface area (Å²) in [4.78, 5) is 11.8. The summed E-state index contributed by atoms with van der Waals surface area (Å²) in [6.45, 7) is 14.7. The zero-order valence-electron chi connectivity index (χ0n) is 20.8. The third-order valence-electron chi connectivity index (χ3n) is 6.66. The SMILES string of the molecule is C=CC[C@H](CCCC)c1c(OC)cc([C@H](O[Si](CC)(CC)CC)[C@@H](C)C=O)cc1OC. The van der Waals surface area contributed by atoms with Crippen molar-refractivity contribution in [2.45, 2.75) is 90.5 Å². The fourth-order valence-electron chi connectivity index (χ4n) is 4.38. The van der Waals surface area contributed by atoms with Gasteiger partial charge in [0.2, 0.25) is 0 Å². The summed E-state index contributed by atoms with van der Waals surface area (Å²) in [6, 6.07) is 7.22. The van der Waals surface area contributed by atoms with Gasteiger partial charge in [0.15, 0.2) is 8.32 Å². The first-order valence-electron chi connectivity index (χ1n) is 11.9. The molecule has 5 heteroatoms. The van der Waals surface area contributed by atoms with Crippen LogP contribution in [0.15, 0.2) is 24.8 Å². The van der Waals surface area contributed by atoms with Crippen LogP contribution in [0.3, 0.4) is 0 Å². The minimum absolute atomic E-state index is 0.249. The molecule has 176 valence electrons. The molecule has 0 N–H and O–H groups in total. The summed E-state index contributed by atoms with van der Waals surface area (Å²) in [7, 11) is 1.49. The van der Waals surface area contributed by atoms with Gasteiger partial charge in [-0.15, -0.1) is 6.58 Å². The third-order valence-corrected chi connectivity index (χ3v) is 11.3. The van der Waals surface area contributed by atoms with Crippen molar-refractivity contribution in [2.75, 3.05) is 14.2 Å². The molecule has 1 aromatic carbocycles. The Hall–Kier alpha value is -1.59. The fourth-order valence-corrected chi connectivity index (χ4v) is 7.27. The van der Waals surface area contributed by atoms with Crippen LogP contribution in [0.25, 0.3) is 0 Å². The predicted molar refractivity (Wildman–Crippen MR) is 133 cm³/mol. The maximum atomic E-state index is 11.8. The van der Waals surface area contributed by atoms with E-state index in [-0.39, 0.29) is 17.9 Å². The molecular formula is C26H44O4Si. The summed E-state index contributed by atoms with van der Waals surface area (Å²) < 4.78 is 18.5. The average Bonchev–Trinajstić information content (AvgIpc) is 2.81. The highest BCUT2D eigenvalue weighted by molar-refractivity contribution is 6.73. The van der Waals surface area contributed by atoms with Crippen LogP contribution in [0.4, 0.5) is 0 Å². The summed E-state index contributed by atoms with van der Waals surface area (Å²) in [5.41, 5.74) is 2.04. The second kappa shape index (κ2) is 13.7. The number of benzene rings is 1. The minimum atomic E-state index is -1.92. The van der Waals surface area contributed by atoms with Gasteiger partial charge in [-0.05, 0) is 54.6 Å². The molecule has 0 amide bonds. The third kappa shape index (κ3) is 6.94. The molecule has 0 radical (unpaired) electrons. The number of carbonyl (C=O) groups excluding carboxylic acids is 1. The van der Waals surface area contributed by atoms with E-state index in [1.165, 1.54) is 0 Å².